The number of pyridine rings is 1. The van der Waals surface area contributed by atoms with Gasteiger partial charge >= 0.3 is 0 Å². The molecule has 0 aliphatic carbocycles. The summed E-state index contributed by atoms with van der Waals surface area (Å²) >= 11 is 7.57. The number of ether oxygens (including phenoxy) is 1. The summed E-state index contributed by atoms with van der Waals surface area (Å²) in [5, 5.41) is 3.28. The van der Waals surface area contributed by atoms with Gasteiger partial charge in [-0.2, -0.15) is 0 Å². The highest BCUT2D eigenvalue weighted by molar-refractivity contribution is 7.16. The smallest absolute Gasteiger partial charge is 0.138 e. The predicted molar refractivity (Wildman–Crippen MR) is 80.2 cm³/mol. The van der Waals surface area contributed by atoms with Crippen molar-refractivity contribution in [1.29, 1.82) is 0 Å². The molecule has 2 aromatic heterocycles. The average molecular weight is 297 g/mol. The number of hydrogen-bond donors (Lipinski definition) is 1. The van der Waals surface area contributed by atoms with E-state index in [4.69, 9.17) is 16.3 Å². The van der Waals surface area contributed by atoms with Gasteiger partial charge in [0.25, 0.3) is 0 Å². The normalized spacial score (nSPS) is 12.7. The Morgan fingerprint density at radius 2 is 2.11 bits per heavy atom. The highest BCUT2D eigenvalue weighted by atomic mass is 35.5. The zero-order chi connectivity index (χ0) is 13.8. The minimum Gasteiger partial charge on any atom is -0.489 e. The van der Waals surface area contributed by atoms with E-state index in [2.05, 4.69) is 10.3 Å². The van der Waals surface area contributed by atoms with Gasteiger partial charge in [-0.25, -0.2) is 0 Å². The molecule has 0 aliphatic heterocycles. The minimum atomic E-state index is 0.0840. The summed E-state index contributed by atoms with van der Waals surface area (Å²) in [5.41, 5.74) is 1.07. The molecule has 0 bridgehead atoms. The zero-order valence-corrected chi connectivity index (χ0v) is 12.8. The Bertz CT molecular complexity index is 542. The van der Waals surface area contributed by atoms with Crippen LogP contribution >= 0.6 is 22.9 Å². The highest BCUT2D eigenvalue weighted by Crippen LogP contribution is 2.31. The number of thiophene rings is 1. The molecule has 3 nitrogen and oxygen atoms in total. The summed E-state index contributed by atoms with van der Waals surface area (Å²) in [6.07, 6.45) is 3.72. The Kier molecular flexibility index (Phi) is 4.80. The molecule has 102 valence electrons. The quantitative estimate of drug-likeness (QED) is 0.909. The molecule has 0 fully saturated rings. The van der Waals surface area contributed by atoms with E-state index in [0.717, 1.165) is 20.5 Å². The largest absolute Gasteiger partial charge is 0.489 e. The van der Waals surface area contributed by atoms with Gasteiger partial charge < -0.3 is 10.1 Å². The van der Waals surface area contributed by atoms with Crippen molar-refractivity contribution in [3.05, 3.63) is 45.4 Å². The van der Waals surface area contributed by atoms with E-state index in [-0.39, 0.29) is 12.1 Å². The van der Waals surface area contributed by atoms with Crippen molar-refractivity contribution in [2.75, 3.05) is 7.05 Å². The van der Waals surface area contributed by atoms with E-state index < -0.39 is 0 Å². The number of nitrogens with zero attached hydrogens (tertiary/aromatic N) is 1. The standard InChI is InChI=1S/C14H17ClN2OS/c1-9(2)18-11-6-10(7-17-8-11)14(16-3)12-4-5-13(15)19-12/h4-9,14,16H,1-3H3. The van der Waals surface area contributed by atoms with Crippen LogP contribution < -0.4 is 10.1 Å². The van der Waals surface area contributed by atoms with Crippen LogP contribution in [-0.2, 0) is 0 Å². The first-order valence-electron chi connectivity index (χ1n) is 6.14. The van der Waals surface area contributed by atoms with Crippen molar-refractivity contribution in [3.63, 3.8) is 0 Å². The van der Waals surface area contributed by atoms with Gasteiger partial charge in [0.2, 0.25) is 0 Å². The Balaban J connectivity index is 2.28. The molecule has 0 radical (unpaired) electrons. The first kappa shape index (κ1) is 14.3. The molecular formula is C14H17ClN2OS. The van der Waals surface area contributed by atoms with Crippen molar-refractivity contribution in [2.45, 2.75) is 26.0 Å². The van der Waals surface area contributed by atoms with Crippen molar-refractivity contribution >= 4 is 22.9 Å². The van der Waals surface area contributed by atoms with E-state index in [1.165, 1.54) is 0 Å². The Labute approximate surface area is 122 Å². The van der Waals surface area contributed by atoms with Crippen LogP contribution in [0.2, 0.25) is 4.34 Å². The van der Waals surface area contributed by atoms with Crippen molar-refractivity contribution in [3.8, 4) is 5.75 Å². The van der Waals surface area contributed by atoms with Crippen LogP contribution in [0.4, 0.5) is 0 Å². The SMILES string of the molecule is CNC(c1cncc(OC(C)C)c1)c1ccc(Cl)s1. The Hall–Kier alpha value is -1.10. The van der Waals surface area contributed by atoms with Gasteiger partial charge in [0.15, 0.2) is 0 Å². The molecule has 0 saturated heterocycles. The van der Waals surface area contributed by atoms with Crippen LogP contribution in [0.1, 0.15) is 30.3 Å². The molecule has 1 unspecified atom stereocenters. The van der Waals surface area contributed by atoms with Gasteiger partial charge in [-0.3, -0.25) is 4.98 Å². The van der Waals surface area contributed by atoms with Crippen LogP contribution in [0, 0.1) is 0 Å². The van der Waals surface area contributed by atoms with E-state index in [1.807, 2.05) is 45.3 Å². The molecule has 0 aromatic carbocycles. The maximum Gasteiger partial charge on any atom is 0.138 e. The summed E-state index contributed by atoms with van der Waals surface area (Å²) in [6, 6.07) is 6.04. The lowest BCUT2D eigenvalue weighted by Crippen LogP contribution is -2.17. The molecule has 0 amide bonds. The maximum absolute atomic E-state index is 6.00. The number of halogens is 1. The summed E-state index contributed by atoms with van der Waals surface area (Å²) in [7, 11) is 1.92. The van der Waals surface area contributed by atoms with Crippen LogP contribution in [0.25, 0.3) is 0 Å². The zero-order valence-electron chi connectivity index (χ0n) is 11.2. The van der Waals surface area contributed by atoms with Gasteiger partial charge in [0, 0.05) is 11.1 Å². The fraction of sp³-hybridized carbons (Fsp3) is 0.357. The van der Waals surface area contributed by atoms with Crippen LogP contribution in [0.5, 0.6) is 5.75 Å². The molecule has 2 heterocycles. The first-order valence-corrected chi connectivity index (χ1v) is 7.33. The minimum absolute atomic E-state index is 0.0840. The molecule has 1 N–H and O–H groups in total. The van der Waals surface area contributed by atoms with Gasteiger partial charge in [0.1, 0.15) is 5.75 Å². The number of nitrogens with one attached hydrogen (secondary N) is 1. The van der Waals surface area contributed by atoms with Crippen LogP contribution in [0.3, 0.4) is 0 Å². The highest BCUT2D eigenvalue weighted by Gasteiger charge is 2.15. The van der Waals surface area contributed by atoms with Gasteiger partial charge in [-0.05, 0) is 44.7 Å². The average Bonchev–Trinajstić information content (AvgIpc) is 2.76. The lowest BCUT2D eigenvalue weighted by Gasteiger charge is -2.16. The number of hydrogen-bond acceptors (Lipinski definition) is 4. The lowest BCUT2D eigenvalue weighted by molar-refractivity contribution is 0.241. The van der Waals surface area contributed by atoms with E-state index in [0.29, 0.717) is 0 Å². The van der Waals surface area contributed by atoms with Crippen molar-refractivity contribution in [1.82, 2.24) is 10.3 Å². The van der Waals surface area contributed by atoms with E-state index in [1.54, 1.807) is 17.5 Å². The third-order valence-corrected chi connectivity index (χ3v) is 3.90. The van der Waals surface area contributed by atoms with Gasteiger partial charge in [-0.1, -0.05) is 11.6 Å². The molecule has 0 aliphatic rings. The monoisotopic (exact) mass is 296 g/mol. The summed E-state index contributed by atoms with van der Waals surface area (Å²) < 4.78 is 6.47. The van der Waals surface area contributed by atoms with Crippen LogP contribution in [0.15, 0.2) is 30.6 Å². The fourth-order valence-corrected chi connectivity index (χ4v) is 3.09. The molecule has 1 atom stereocenters. The summed E-state index contributed by atoms with van der Waals surface area (Å²) in [4.78, 5) is 5.41. The van der Waals surface area contributed by atoms with Crippen LogP contribution in [-0.4, -0.2) is 18.1 Å². The predicted octanol–water partition coefficient (Wildman–Crippen LogP) is 3.89. The second kappa shape index (κ2) is 6.37. The molecule has 0 saturated carbocycles. The molecule has 2 rings (SSSR count). The molecule has 0 spiro atoms. The summed E-state index contributed by atoms with van der Waals surface area (Å²) in [5.74, 6) is 0.787. The Morgan fingerprint density at radius 1 is 1.32 bits per heavy atom. The topological polar surface area (TPSA) is 34.2 Å². The molecule has 5 heteroatoms. The molecule has 19 heavy (non-hydrogen) atoms. The third-order valence-electron chi connectivity index (χ3n) is 2.61. The number of rotatable bonds is 5. The second-order valence-corrected chi connectivity index (χ2v) is 6.23. The Morgan fingerprint density at radius 3 is 2.68 bits per heavy atom. The lowest BCUT2D eigenvalue weighted by atomic mass is 10.1. The summed E-state index contributed by atoms with van der Waals surface area (Å²) in [6.45, 7) is 4.00. The van der Waals surface area contributed by atoms with Crippen molar-refractivity contribution < 1.29 is 4.74 Å². The fourth-order valence-electron chi connectivity index (χ4n) is 1.89. The number of aromatic nitrogens is 1. The first-order chi connectivity index (χ1) is 9.10. The van der Waals surface area contributed by atoms with Gasteiger partial charge in [0.05, 0.1) is 22.7 Å². The third kappa shape index (κ3) is 3.69. The van der Waals surface area contributed by atoms with E-state index >= 15 is 0 Å². The van der Waals surface area contributed by atoms with E-state index in [9.17, 15) is 0 Å². The van der Waals surface area contributed by atoms with Crippen molar-refractivity contribution in [2.24, 2.45) is 0 Å². The molecule has 2 aromatic rings. The van der Waals surface area contributed by atoms with Gasteiger partial charge in [-0.15, -0.1) is 11.3 Å². The molecular weight excluding hydrogens is 280 g/mol. The maximum atomic E-state index is 6.00. The second-order valence-electron chi connectivity index (χ2n) is 4.48.